The van der Waals surface area contributed by atoms with E-state index in [1.165, 1.54) is 11.4 Å². The number of piperidine rings is 1. The Kier molecular flexibility index (Phi) is 4.47. The van der Waals surface area contributed by atoms with Gasteiger partial charge in [-0.1, -0.05) is 0 Å². The lowest BCUT2D eigenvalue weighted by Gasteiger charge is -2.39. The third kappa shape index (κ3) is 3.58. The highest BCUT2D eigenvalue weighted by Gasteiger charge is 2.43. The van der Waals surface area contributed by atoms with Gasteiger partial charge in [0.25, 0.3) is 0 Å². The lowest BCUT2D eigenvalue weighted by atomic mass is 9.88. The van der Waals surface area contributed by atoms with Crippen LogP contribution >= 0.6 is 11.3 Å². The van der Waals surface area contributed by atoms with E-state index in [4.69, 9.17) is 4.74 Å². The molecule has 24 heavy (non-hydrogen) atoms. The summed E-state index contributed by atoms with van der Waals surface area (Å²) in [6.07, 6.45) is 5.23. The zero-order valence-electron chi connectivity index (χ0n) is 13.9. The highest BCUT2D eigenvalue weighted by atomic mass is 32.1. The predicted octanol–water partition coefficient (Wildman–Crippen LogP) is 2.48. The Morgan fingerprint density at radius 1 is 1.42 bits per heavy atom. The average molecular weight is 345 g/mol. The monoisotopic (exact) mass is 345 g/mol. The van der Waals surface area contributed by atoms with Crippen LogP contribution in [0.25, 0.3) is 0 Å². The van der Waals surface area contributed by atoms with Gasteiger partial charge in [0.05, 0.1) is 30.5 Å². The molecule has 2 aliphatic heterocycles. The smallest absolute Gasteiger partial charge is 0.148 e. The van der Waals surface area contributed by atoms with Crippen molar-refractivity contribution in [3.05, 3.63) is 34.4 Å². The van der Waals surface area contributed by atoms with Gasteiger partial charge in [-0.2, -0.15) is 5.10 Å². The molecular weight excluding hydrogens is 322 g/mol. The van der Waals surface area contributed by atoms with E-state index >= 15 is 0 Å². The molecule has 128 valence electrons. The zero-order chi connectivity index (χ0) is 16.4. The Morgan fingerprint density at radius 3 is 3.17 bits per heavy atom. The summed E-state index contributed by atoms with van der Waals surface area (Å²) in [5.41, 5.74) is 0.912. The first-order chi connectivity index (χ1) is 11.7. The molecular formula is C17H23N5OS. The van der Waals surface area contributed by atoms with Gasteiger partial charge in [0, 0.05) is 24.5 Å². The molecule has 0 radical (unpaired) electrons. The number of hydrogen-bond donors (Lipinski definition) is 1. The number of ether oxygens (including phenoxy) is 1. The van der Waals surface area contributed by atoms with Gasteiger partial charge in [-0.15, -0.1) is 16.4 Å². The van der Waals surface area contributed by atoms with Crippen LogP contribution in [0.15, 0.2) is 23.7 Å². The van der Waals surface area contributed by atoms with E-state index in [1.807, 2.05) is 30.6 Å². The van der Waals surface area contributed by atoms with Gasteiger partial charge >= 0.3 is 0 Å². The highest BCUT2D eigenvalue weighted by molar-refractivity contribution is 7.09. The standard InChI is InChI=1S/C17H23N5OS/c1-13-3-4-15(21-20-13)19-14-9-17(23-11-14)5-2-7-22(12-17)10-16-18-6-8-24-16/h3-4,6,8,14H,2,5,7,9-12H2,1H3,(H,19,21)/t14-,17+/m0/s1. The van der Waals surface area contributed by atoms with Gasteiger partial charge in [0.15, 0.2) is 0 Å². The Balaban J connectivity index is 1.36. The summed E-state index contributed by atoms with van der Waals surface area (Å²) >= 11 is 1.73. The van der Waals surface area contributed by atoms with E-state index < -0.39 is 0 Å². The lowest BCUT2D eigenvalue weighted by Crippen LogP contribution is -2.47. The number of hydrogen-bond acceptors (Lipinski definition) is 7. The van der Waals surface area contributed by atoms with Gasteiger partial charge < -0.3 is 10.1 Å². The molecule has 2 aromatic heterocycles. The minimum atomic E-state index is -0.0225. The van der Waals surface area contributed by atoms with Gasteiger partial charge in [-0.25, -0.2) is 4.98 Å². The molecule has 7 heteroatoms. The van der Waals surface area contributed by atoms with Crippen molar-refractivity contribution in [2.75, 3.05) is 25.0 Å². The Labute approximate surface area is 146 Å². The molecule has 6 nitrogen and oxygen atoms in total. The van der Waals surface area contributed by atoms with Gasteiger partial charge in [-0.3, -0.25) is 4.90 Å². The minimum Gasteiger partial charge on any atom is -0.371 e. The highest BCUT2D eigenvalue weighted by Crippen LogP contribution is 2.36. The van der Waals surface area contributed by atoms with Crippen molar-refractivity contribution in [1.29, 1.82) is 0 Å². The molecule has 4 rings (SSSR count). The molecule has 2 fully saturated rings. The first-order valence-corrected chi connectivity index (χ1v) is 9.40. The number of rotatable bonds is 4. The maximum atomic E-state index is 6.27. The predicted molar refractivity (Wildman–Crippen MR) is 94.1 cm³/mol. The minimum absolute atomic E-state index is 0.0225. The second-order valence-electron chi connectivity index (χ2n) is 6.84. The molecule has 1 N–H and O–H groups in total. The number of aryl methyl sites for hydroxylation is 1. The van der Waals surface area contributed by atoms with Crippen LogP contribution in [-0.2, 0) is 11.3 Å². The summed E-state index contributed by atoms with van der Waals surface area (Å²) in [6, 6.07) is 4.28. The molecule has 2 saturated heterocycles. The second-order valence-corrected chi connectivity index (χ2v) is 7.82. The van der Waals surface area contributed by atoms with E-state index in [-0.39, 0.29) is 5.60 Å². The van der Waals surface area contributed by atoms with Crippen LogP contribution in [0.1, 0.15) is 30.0 Å². The van der Waals surface area contributed by atoms with Crippen LogP contribution in [0.3, 0.4) is 0 Å². The fraction of sp³-hybridized carbons (Fsp3) is 0.588. The van der Waals surface area contributed by atoms with Crippen molar-refractivity contribution in [2.45, 2.75) is 44.4 Å². The van der Waals surface area contributed by atoms with E-state index in [1.54, 1.807) is 11.3 Å². The molecule has 1 spiro atoms. The number of likely N-dealkylation sites (tertiary alicyclic amines) is 1. The fourth-order valence-electron chi connectivity index (χ4n) is 3.75. The lowest BCUT2D eigenvalue weighted by molar-refractivity contribution is -0.0533. The zero-order valence-corrected chi connectivity index (χ0v) is 14.8. The van der Waals surface area contributed by atoms with Gasteiger partial charge in [0.1, 0.15) is 10.8 Å². The van der Waals surface area contributed by atoms with Gasteiger partial charge in [0.2, 0.25) is 0 Å². The largest absolute Gasteiger partial charge is 0.371 e. The number of thiazole rings is 1. The summed E-state index contributed by atoms with van der Waals surface area (Å²) in [5.74, 6) is 0.835. The normalized spacial score (nSPS) is 27.6. The Morgan fingerprint density at radius 2 is 2.38 bits per heavy atom. The van der Waals surface area contributed by atoms with Crippen LogP contribution in [0.2, 0.25) is 0 Å². The number of nitrogens with one attached hydrogen (secondary N) is 1. The van der Waals surface area contributed by atoms with Crippen molar-refractivity contribution in [2.24, 2.45) is 0 Å². The van der Waals surface area contributed by atoms with E-state index in [9.17, 15) is 0 Å². The third-order valence-corrected chi connectivity index (χ3v) is 5.58. The summed E-state index contributed by atoms with van der Waals surface area (Å²) in [7, 11) is 0. The molecule has 2 atom stereocenters. The summed E-state index contributed by atoms with van der Waals surface area (Å²) in [4.78, 5) is 6.89. The number of aromatic nitrogens is 3. The molecule has 0 saturated carbocycles. The molecule has 0 unspecified atom stereocenters. The molecule has 0 aliphatic carbocycles. The van der Waals surface area contributed by atoms with Crippen LogP contribution < -0.4 is 5.32 Å². The topological polar surface area (TPSA) is 63.2 Å². The van der Waals surface area contributed by atoms with E-state index in [0.717, 1.165) is 50.6 Å². The van der Waals surface area contributed by atoms with Crippen LogP contribution in [0, 0.1) is 6.92 Å². The summed E-state index contributed by atoms with van der Waals surface area (Å²) < 4.78 is 6.27. The molecule has 0 aromatic carbocycles. The van der Waals surface area contributed by atoms with Crippen molar-refractivity contribution in [1.82, 2.24) is 20.1 Å². The number of nitrogens with zero attached hydrogens (tertiary/aromatic N) is 4. The van der Waals surface area contributed by atoms with Crippen LogP contribution in [0.5, 0.6) is 0 Å². The average Bonchev–Trinajstić information content (AvgIpc) is 3.21. The Bertz CT molecular complexity index is 662. The van der Waals surface area contributed by atoms with Crippen LogP contribution in [-0.4, -0.2) is 51.4 Å². The van der Waals surface area contributed by atoms with E-state index in [0.29, 0.717) is 6.04 Å². The molecule has 0 bridgehead atoms. The molecule has 2 aliphatic rings. The first-order valence-electron chi connectivity index (χ1n) is 8.52. The van der Waals surface area contributed by atoms with Crippen molar-refractivity contribution < 1.29 is 4.74 Å². The van der Waals surface area contributed by atoms with E-state index in [2.05, 4.69) is 25.4 Å². The molecule has 4 heterocycles. The SMILES string of the molecule is Cc1ccc(N[C@@H]2CO[C@]3(CCCN(Cc4nccs4)C3)C2)nn1. The van der Waals surface area contributed by atoms with Gasteiger partial charge in [-0.05, 0) is 38.4 Å². The van der Waals surface area contributed by atoms with Crippen molar-refractivity contribution in [3.8, 4) is 0 Å². The Hall–Kier alpha value is -1.57. The second kappa shape index (κ2) is 6.74. The fourth-order valence-corrected chi connectivity index (χ4v) is 4.41. The van der Waals surface area contributed by atoms with Crippen molar-refractivity contribution >= 4 is 17.2 Å². The third-order valence-electron chi connectivity index (χ3n) is 4.82. The molecule has 2 aromatic rings. The summed E-state index contributed by atoms with van der Waals surface area (Å²) in [6.45, 7) is 5.74. The van der Waals surface area contributed by atoms with Crippen LogP contribution in [0.4, 0.5) is 5.82 Å². The van der Waals surface area contributed by atoms with Crippen molar-refractivity contribution in [3.63, 3.8) is 0 Å². The maximum absolute atomic E-state index is 6.27. The quantitative estimate of drug-likeness (QED) is 0.918. The first kappa shape index (κ1) is 15.9. The number of anilines is 1. The maximum Gasteiger partial charge on any atom is 0.148 e. The molecule has 0 amide bonds. The summed E-state index contributed by atoms with van der Waals surface area (Å²) in [5, 5.41) is 15.0.